The molecule has 2 aliphatic rings. The summed E-state index contributed by atoms with van der Waals surface area (Å²) in [6, 6.07) is 17.2. The van der Waals surface area contributed by atoms with E-state index in [9.17, 15) is 9.18 Å². The molecule has 5 heteroatoms. The molecule has 0 radical (unpaired) electrons. The number of pyridine rings is 1. The maximum absolute atomic E-state index is 14.8. The van der Waals surface area contributed by atoms with Crippen LogP contribution in [0.1, 0.15) is 36.8 Å². The lowest BCUT2D eigenvalue weighted by Crippen LogP contribution is -2.53. The van der Waals surface area contributed by atoms with E-state index >= 15 is 0 Å². The van der Waals surface area contributed by atoms with Crippen LogP contribution >= 0.6 is 0 Å². The van der Waals surface area contributed by atoms with Gasteiger partial charge in [0, 0.05) is 43.4 Å². The molecule has 0 N–H and O–H groups in total. The van der Waals surface area contributed by atoms with Gasteiger partial charge in [0.2, 0.25) is 5.91 Å². The third kappa shape index (κ3) is 4.02. The third-order valence-electron chi connectivity index (χ3n) is 7.14. The Morgan fingerprint density at radius 1 is 1.12 bits per heavy atom. The van der Waals surface area contributed by atoms with Gasteiger partial charge < -0.3 is 9.64 Å². The van der Waals surface area contributed by atoms with Crippen molar-refractivity contribution in [3.8, 4) is 0 Å². The number of carbonyl (C=O) groups is 1. The molecule has 4 nitrogen and oxygen atoms in total. The molecule has 1 atom stereocenters. The number of hydrogen-bond acceptors (Lipinski definition) is 3. The van der Waals surface area contributed by atoms with Gasteiger partial charge in [0.05, 0.1) is 10.9 Å². The smallest absolute Gasteiger partial charge is 0.233 e. The molecule has 3 aromatic rings. The van der Waals surface area contributed by atoms with Crippen molar-refractivity contribution in [3.05, 3.63) is 77.7 Å². The summed E-state index contributed by atoms with van der Waals surface area (Å²) in [5.41, 5.74) is 1.99. The highest BCUT2D eigenvalue weighted by Crippen LogP contribution is 2.39. The van der Waals surface area contributed by atoms with Crippen LogP contribution in [0.15, 0.2) is 60.8 Å². The van der Waals surface area contributed by atoms with Gasteiger partial charge in [-0.25, -0.2) is 4.39 Å². The highest BCUT2D eigenvalue weighted by atomic mass is 19.1. The van der Waals surface area contributed by atoms with E-state index in [0.29, 0.717) is 37.5 Å². The standard InChI is InChI=1S/C27H29FN2O2/c28-24-8-2-1-7-23(24)27(11-15-32-16-12-27)26(31)30-14-4-5-21(19-30)17-20-9-10-25-22(18-20)6-3-13-29-25/h1-3,6-10,13,18,21H,4-5,11-12,14-17,19H2. The first-order valence-corrected chi connectivity index (χ1v) is 11.6. The van der Waals surface area contributed by atoms with Crippen molar-refractivity contribution < 1.29 is 13.9 Å². The number of fused-ring (bicyclic) bond motifs is 1. The molecule has 1 unspecified atom stereocenters. The van der Waals surface area contributed by atoms with Crippen LogP contribution in [0.3, 0.4) is 0 Å². The monoisotopic (exact) mass is 432 g/mol. The molecule has 5 rings (SSSR count). The number of ether oxygens (including phenoxy) is 1. The molecule has 0 aliphatic carbocycles. The first kappa shape index (κ1) is 21.1. The minimum Gasteiger partial charge on any atom is -0.381 e. The van der Waals surface area contributed by atoms with Gasteiger partial charge in [-0.1, -0.05) is 30.3 Å². The Labute approximate surface area is 188 Å². The average Bonchev–Trinajstić information content (AvgIpc) is 2.84. The lowest BCUT2D eigenvalue weighted by Gasteiger charge is -2.43. The van der Waals surface area contributed by atoms with E-state index in [0.717, 1.165) is 43.3 Å². The van der Waals surface area contributed by atoms with E-state index in [-0.39, 0.29) is 11.7 Å². The summed E-state index contributed by atoms with van der Waals surface area (Å²) in [7, 11) is 0. The zero-order valence-electron chi connectivity index (χ0n) is 18.3. The number of benzene rings is 2. The number of likely N-dealkylation sites (tertiary alicyclic amines) is 1. The van der Waals surface area contributed by atoms with E-state index in [2.05, 4.69) is 29.2 Å². The van der Waals surface area contributed by atoms with E-state index in [1.807, 2.05) is 23.2 Å². The van der Waals surface area contributed by atoms with Gasteiger partial charge >= 0.3 is 0 Å². The third-order valence-corrected chi connectivity index (χ3v) is 7.14. The maximum atomic E-state index is 14.8. The zero-order valence-corrected chi connectivity index (χ0v) is 18.3. The van der Waals surface area contributed by atoms with Crippen LogP contribution in [0.5, 0.6) is 0 Å². The van der Waals surface area contributed by atoms with Gasteiger partial charge in [0.15, 0.2) is 0 Å². The van der Waals surface area contributed by atoms with Crippen LogP contribution in [0.4, 0.5) is 4.39 Å². The van der Waals surface area contributed by atoms with Crippen molar-refractivity contribution >= 4 is 16.8 Å². The second-order valence-electron chi connectivity index (χ2n) is 9.17. The van der Waals surface area contributed by atoms with Gasteiger partial charge in [-0.3, -0.25) is 9.78 Å². The fourth-order valence-electron chi connectivity index (χ4n) is 5.47. The predicted octanol–water partition coefficient (Wildman–Crippen LogP) is 4.90. The Hall–Kier alpha value is -2.79. The Balaban J connectivity index is 1.36. The normalized spacial score (nSPS) is 20.9. The molecule has 166 valence electrons. The number of rotatable bonds is 4. The lowest BCUT2D eigenvalue weighted by atomic mass is 9.72. The van der Waals surface area contributed by atoms with Gasteiger partial charge in [0.25, 0.3) is 0 Å². The molecule has 0 spiro atoms. The van der Waals surface area contributed by atoms with E-state index in [1.165, 1.54) is 11.6 Å². The van der Waals surface area contributed by atoms with Gasteiger partial charge in [-0.05, 0) is 67.9 Å². The molecule has 3 heterocycles. The fraction of sp³-hybridized carbons (Fsp3) is 0.407. The van der Waals surface area contributed by atoms with E-state index in [1.54, 1.807) is 12.1 Å². The second kappa shape index (κ2) is 8.99. The van der Waals surface area contributed by atoms with Crippen molar-refractivity contribution in [1.82, 2.24) is 9.88 Å². The summed E-state index contributed by atoms with van der Waals surface area (Å²) in [6.45, 7) is 2.44. The number of aromatic nitrogens is 1. The molecule has 1 aromatic heterocycles. The van der Waals surface area contributed by atoms with Crippen molar-refractivity contribution in [2.75, 3.05) is 26.3 Å². The number of carbonyl (C=O) groups excluding carboxylic acids is 1. The van der Waals surface area contributed by atoms with Crippen molar-refractivity contribution in [2.24, 2.45) is 5.92 Å². The predicted molar refractivity (Wildman–Crippen MR) is 123 cm³/mol. The summed E-state index contributed by atoms with van der Waals surface area (Å²) in [5, 5.41) is 1.15. The molecule has 2 fully saturated rings. The first-order chi connectivity index (χ1) is 15.7. The fourth-order valence-corrected chi connectivity index (χ4v) is 5.47. The molecule has 2 aromatic carbocycles. The van der Waals surface area contributed by atoms with Gasteiger partial charge in [-0.15, -0.1) is 0 Å². The zero-order chi connectivity index (χ0) is 22.0. The Bertz CT molecular complexity index is 1110. The lowest BCUT2D eigenvalue weighted by molar-refractivity contribution is -0.143. The molecular formula is C27H29FN2O2. The maximum Gasteiger partial charge on any atom is 0.233 e. The van der Waals surface area contributed by atoms with Gasteiger partial charge in [0.1, 0.15) is 5.82 Å². The number of piperidine rings is 1. The van der Waals surface area contributed by atoms with Gasteiger partial charge in [-0.2, -0.15) is 0 Å². The summed E-state index contributed by atoms with van der Waals surface area (Å²) in [4.78, 5) is 20.3. The SMILES string of the molecule is O=C(N1CCCC(Cc2ccc3ncccc3c2)C1)C1(c2ccccc2F)CCOCC1. The molecule has 0 saturated carbocycles. The highest BCUT2D eigenvalue weighted by molar-refractivity contribution is 5.88. The number of nitrogens with zero attached hydrogens (tertiary/aromatic N) is 2. The topological polar surface area (TPSA) is 42.4 Å². The minimum absolute atomic E-state index is 0.0679. The van der Waals surface area contributed by atoms with Crippen LogP contribution in [-0.2, 0) is 21.4 Å². The summed E-state index contributed by atoms with van der Waals surface area (Å²) in [5.74, 6) is 0.179. The van der Waals surface area contributed by atoms with Crippen molar-refractivity contribution in [2.45, 2.75) is 37.5 Å². The van der Waals surface area contributed by atoms with Crippen LogP contribution in [-0.4, -0.2) is 42.1 Å². The summed E-state index contributed by atoms with van der Waals surface area (Å²) >= 11 is 0. The Morgan fingerprint density at radius 2 is 1.97 bits per heavy atom. The van der Waals surface area contributed by atoms with E-state index < -0.39 is 5.41 Å². The molecule has 2 aliphatic heterocycles. The highest BCUT2D eigenvalue weighted by Gasteiger charge is 2.46. The Kier molecular flexibility index (Phi) is 5.92. The minimum atomic E-state index is -0.819. The number of halogens is 1. The summed E-state index contributed by atoms with van der Waals surface area (Å²) in [6.07, 6.45) is 5.90. The molecule has 1 amide bonds. The first-order valence-electron chi connectivity index (χ1n) is 11.6. The van der Waals surface area contributed by atoms with Crippen molar-refractivity contribution in [3.63, 3.8) is 0 Å². The van der Waals surface area contributed by atoms with Crippen molar-refractivity contribution in [1.29, 1.82) is 0 Å². The van der Waals surface area contributed by atoms with Crippen LogP contribution in [0.25, 0.3) is 10.9 Å². The average molecular weight is 433 g/mol. The van der Waals surface area contributed by atoms with E-state index in [4.69, 9.17) is 4.74 Å². The number of amides is 1. The Morgan fingerprint density at radius 3 is 2.81 bits per heavy atom. The molecule has 32 heavy (non-hydrogen) atoms. The van der Waals surface area contributed by atoms with Crippen LogP contribution < -0.4 is 0 Å². The molecule has 2 saturated heterocycles. The molecule has 0 bridgehead atoms. The quantitative estimate of drug-likeness (QED) is 0.589. The number of hydrogen-bond donors (Lipinski definition) is 0. The van der Waals surface area contributed by atoms with Crippen LogP contribution in [0.2, 0.25) is 0 Å². The summed E-state index contributed by atoms with van der Waals surface area (Å²) < 4.78 is 20.4. The molecular weight excluding hydrogens is 403 g/mol. The van der Waals surface area contributed by atoms with Crippen LogP contribution in [0, 0.1) is 11.7 Å². The second-order valence-corrected chi connectivity index (χ2v) is 9.17. The largest absolute Gasteiger partial charge is 0.381 e.